The van der Waals surface area contributed by atoms with Crippen LogP contribution in [0.4, 0.5) is 0 Å². The van der Waals surface area contributed by atoms with E-state index < -0.39 is 17.2 Å². The summed E-state index contributed by atoms with van der Waals surface area (Å²) in [5.74, 6) is -0.917. The van der Waals surface area contributed by atoms with Crippen LogP contribution in [-0.4, -0.2) is 49.5 Å². The van der Waals surface area contributed by atoms with Gasteiger partial charge < -0.3 is 14.6 Å². The van der Waals surface area contributed by atoms with Crippen LogP contribution in [0.5, 0.6) is 0 Å². The van der Waals surface area contributed by atoms with E-state index in [1.807, 2.05) is 30.3 Å². The summed E-state index contributed by atoms with van der Waals surface area (Å²) >= 11 is 1.12. The second-order valence-corrected chi connectivity index (χ2v) is 7.66. The molecule has 0 aliphatic heterocycles. The van der Waals surface area contributed by atoms with Crippen molar-refractivity contribution in [1.29, 1.82) is 0 Å². The molecule has 0 atom stereocenters. The van der Waals surface area contributed by atoms with Crippen LogP contribution in [0.2, 0.25) is 0 Å². The summed E-state index contributed by atoms with van der Waals surface area (Å²) in [6.45, 7) is 2.05. The van der Waals surface area contributed by atoms with E-state index in [9.17, 15) is 19.2 Å². The number of carbonyl (C=O) groups excluding carboxylic acids is 2. The molecular weight excluding hydrogens is 422 g/mol. The Hall–Kier alpha value is -3.34. The van der Waals surface area contributed by atoms with Crippen LogP contribution in [0.25, 0.3) is 11.2 Å². The highest BCUT2D eigenvalue weighted by atomic mass is 32.2. The third kappa shape index (κ3) is 4.88. The normalized spacial score (nSPS) is 10.9. The van der Waals surface area contributed by atoms with Crippen molar-refractivity contribution in [2.75, 3.05) is 18.9 Å². The lowest BCUT2D eigenvalue weighted by Crippen LogP contribution is -2.37. The highest BCUT2D eigenvalue weighted by Crippen LogP contribution is 2.22. The molecule has 0 saturated carbocycles. The number of fused-ring (bicyclic) bond motifs is 1. The highest BCUT2D eigenvalue weighted by molar-refractivity contribution is 7.99. The number of thioether (sulfide) groups is 1. The lowest BCUT2D eigenvalue weighted by atomic mass is 10.2. The largest absolute Gasteiger partial charge is 0.465 e. The van der Waals surface area contributed by atoms with E-state index >= 15 is 0 Å². The molecule has 3 rings (SSSR count). The summed E-state index contributed by atoms with van der Waals surface area (Å²) in [7, 11) is 2.96. The van der Waals surface area contributed by atoms with Crippen LogP contribution >= 0.6 is 11.8 Å². The predicted octanol–water partition coefficient (Wildman–Crippen LogP) is 0.253. The molecule has 164 valence electrons. The van der Waals surface area contributed by atoms with Crippen molar-refractivity contribution < 1.29 is 14.3 Å². The minimum absolute atomic E-state index is 0.0220. The van der Waals surface area contributed by atoms with Gasteiger partial charge in [0.1, 0.15) is 6.54 Å². The van der Waals surface area contributed by atoms with Gasteiger partial charge in [0.2, 0.25) is 5.91 Å². The van der Waals surface area contributed by atoms with E-state index in [0.29, 0.717) is 11.7 Å². The Morgan fingerprint density at radius 2 is 1.84 bits per heavy atom. The minimum atomic E-state index is -0.518. The molecule has 0 radical (unpaired) electrons. The number of aromatic nitrogens is 4. The minimum Gasteiger partial charge on any atom is -0.465 e. The average Bonchev–Trinajstić information content (AvgIpc) is 3.12. The van der Waals surface area contributed by atoms with Crippen molar-refractivity contribution in [2.45, 2.75) is 18.6 Å². The first-order chi connectivity index (χ1) is 14.8. The molecule has 2 heterocycles. The number of amides is 1. The molecule has 1 N–H and O–H groups in total. The summed E-state index contributed by atoms with van der Waals surface area (Å²) in [4.78, 5) is 53.2. The predicted molar refractivity (Wildman–Crippen MR) is 116 cm³/mol. The number of aryl methyl sites for hydroxylation is 1. The Morgan fingerprint density at radius 1 is 1.13 bits per heavy atom. The second kappa shape index (κ2) is 9.65. The SMILES string of the molecule is CCOC(=O)CNC(=O)CSc1nc2c(c(=O)n(C)c(=O)n2C)n1Cc1ccccc1. The Kier molecular flexibility index (Phi) is 6.95. The zero-order valence-corrected chi connectivity index (χ0v) is 18.3. The van der Waals surface area contributed by atoms with Crippen molar-refractivity contribution >= 4 is 34.8 Å². The summed E-state index contributed by atoms with van der Waals surface area (Å²) in [5.41, 5.74) is 0.526. The fourth-order valence-corrected chi connectivity index (χ4v) is 3.84. The number of carbonyl (C=O) groups is 2. The number of imidazole rings is 1. The molecule has 31 heavy (non-hydrogen) atoms. The molecule has 0 fully saturated rings. The molecule has 0 saturated heterocycles. The molecule has 0 spiro atoms. The second-order valence-electron chi connectivity index (χ2n) is 6.71. The molecular formula is C20H23N5O5S. The van der Waals surface area contributed by atoms with Gasteiger partial charge in [0.15, 0.2) is 16.3 Å². The number of hydrogen-bond donors (Lipinski definition) is 1. The molecule has 0 bridgehead atoms. The third-order valence-electron chi connectivity index (χ3n) is 4.56. The number of rotatable bonds is 8. The van der Waals surface area contributed by atoms with E-state index in [4.69, 9.17) is 4.74 Å². The van der Waals surface area contributed by atoms with Gasteiger partial charge in [-0.3, -0.25) is 23.5 Å². The molecule has 2 aromatic heterocycles. The van der Waals surface area contributed by atoms with Crippen molar-refractivity contribution in [2.24, 2.45) is 14.1 Å². The smallest absolute Gasteiger partial charge is 0.332 e. The maximum atomic E-state index is 12.9. The first-order valence-corrected chi connectivity index (χ1v) is 10.6. The Balaban J connectivity index is 1.93. The number of nitrogens with zero attached hydrogens (tertiary/aromatic N) is 4. The van der Waals surface area contributed by atoms with Gasteiger partial charge in [-0.25, -0.2) is 9.78 Å². The van der Waals surface area contributed by atoms with Crippen molar-refractivity contribution in [3.8, 4) is 0 Å². The fourth-order valence-electron chi connectivity index (χ4n) is 3.01. The summed E-state index contributed by atoms with van der Waals surface area (Å²) in [5, 5.41) is 2.91. The van der Waals surface area contributed by atoms with Gasteiger partial charge in [-0.2, -0.15) is 0 Å². The van der Waals surface area contributed by atoms with Gasteiger partial charge >= 0.3 is 11.7 Å². The Labute approximate surface area is 181 Å². The molecule has 1 amide bonds. The first-order valence-electron chi connectivity index (χ1n) is 9.58. The van der Waals surface area contributed by atoms with E-state index in [-0.39, 0.29) is 36.0 Å². The Morgan fingerprint density at radius 3 is 2.52 bits per heavy atom. The van der Waals surface area contributed by atoms with Gasteiger partial charge in [-0.05, 0) is 12.5 Å². The molecule has 1 aromatic carbocycles. The lowest BCUT2D eigenvalue weighted by molar-refractivity contribution is -0.143. The summed E-state index contributed by atoms with van der Waals surface area (Å²) in [6, 6.07) is 9.50. The monoisotopic (exact) mass is 445 g/mol. The number of esters is 1. The zero-order chi connectivity index (χ0) is 22.5. The van der Waals surface area contributed by atoms with Crippen LogP contribution < -0.4 is 16.6 Å². The van der Waals surface area contributed by atoms with Crippen LogP contribution in [-0.2, 0) is 35.0 Å². The first kappa shape index (κ1) is 22.3. The van der Waals surface area contributed by atoms with E-state index in [1.165, 1.54) is 11.6 Å². The van der Waals surface area contributed by atoms with Crippen LogP contribution in [0.15, 0.2) is 45.1 Å². The van der Waals surface area contributed by atoms with Crippen LogP contribution in [0.3, 0.4) is 0 Å². The van der Waals surface area contributed by atoms with Crippen LogP contribution in [0.1, 0.15) is 12.5 Å². The van der Waals surface area contributed by atoms with E-state index in [1.54, 1.807) is 18.5 Å². The molecule has 0 aliphatic carbocycles. The molecule has 10 nitrogen and oxygen atoms in total. The third-order valence-corrected chi connectivity index (χ3v) is 5.54. The average molecular weight is 446 g/mol. The quantitative estimate of drug-likeness (QED) is 0.390. The van der Waals surface area contributed by atoms with Crippen molar-refractivity contribution in [1.82, 2.24) is 24.0 Å². The number of hydrogen-bond acceptors (Lipinski definition) is 7. The summed E-state index contributed by atoms with van der Waals surface area (Å²) in [6.07, 6.45) is 0. The van der Waals surface area contributed by atoms with Crippen molar-refractivity contribution in [3.05, 3.63) is 56.7 Å². The van der Waals surface area contributed by atoms with Gasteiger partial charge in [0.25, 0.3) is 5.56 Å². The summed E-state index contributed by atoms with van der Waals surface area (Å²) < 4.78 is 8.83. The maximum Gasteiger partial charge on any atom is 0.332 e. The zero-order valence-electron chi connectivity index (χ0n) is 17.5. The number of nitrogens with one attached hydrogen (secondary N) is 1. The van der Waals surface area contributed by atoms with E-state index in [2.05, 4.69) is 10.3 Å². The topological polar surface area (TPSA) is 117 Å². The van der Waals surface area contributed by atoms with E-state index in [0.717, 1.165) is 21.9 Å². The number of ether oxygens (including phenoxy) is 1. The van der Waals surface area contributed by atoms with Gasteiger partial charge in [0.05, 0.1) is 18.9 Å². The fraction of sp³-hybridized carbons (Fsp3) is 0.350. The van der Waals surface area contributed by atoms with Gasteiger partial charge in [-0.1, -0.05) is 42.1 Å². The van der Waals surface area contributed by atoms with Gasteiger partial charge in [0, 0.05) is 14.1 Å². The highest BCUT2D eigenvalue weighted by Gasteiger charge is 2.20. The van der Waals surface area contributed by atoms with Gasteiger partial charge in [-0.15, -0.1) is 0 Å². The number of benzene rings is 1. The van der Waals surface area contributed by atoms with Crippen LogP contribution in [0, 0.1) is 0 Å². The van der Waals surface area contributed by atoms with Crippen molar-refractivity contribution in [3.63, 3.8) is 0 Å². The molecule has 0 unspecified atom stereocenters. The lowest BCUT2D eigenvalue weighted by Gasteiger charge is -2.10. The molecule has 3 aromatic rings. The Bertz CT molecular complexity index is 1230. The molecule has 11 heteroatoms. The standard InChI is InChI=1S/C20H23N5O5S/c1-4-30-15(27)10-21-14(26)12-31-19-22-17-16(18(28)24(3)20(29)23(17)2)25(19)11-13-8-6-5-7-9-13/h5-9H,4,10-12H2,1-3H3,(H,21,26). The maximum absolute atomic E-state index is 12.9. The molecule has 0 aliphatic rings.